The fourth-order valence-electron chi connectivity index (χ4n) is 2.91. The molecule has 114 valence electrons. The first-order chi connectivity index (χ1) is 11.3. The van der Waals surface area contributed by atoms with Crippen LogP contribution < -0.4 is 10.5 Å². The van der Waals surface area contributed by atoms with Gasteiger partial charge >= 0.3 is 0 Å². The standard InChI is InChI=1S/C18H16N4O/c1-23-18-21-15-16(22(18)11-12-7-3-2-4-8-12)13-9-5-6-10-14(13)20-17(15)19/h2-10H,11H2,1H3,(H2,19,20). The second kappa shape index (κ2) is 5.28. The number of fused-ring (bicyclic) bond motifs is 3. The van der Waals surface area contributed by atoms with E-state index >= 15 is 0 Å². The van der Waals surface area contributed by atoms with E-state index in [0.717, 1.165) is 16.4 Å². The average molecular weight is 304 g/mol. The molecule has 0 bridgehead atoms. The summed E-state index contributed by atoms with van der Waals surface area (Å²) in [6.07, 6.45) is 0. The van der Waals surface area contributed by atoms with Crippen molar-refractivity contribution in [2.75, 3.05) is 12.8 Å². The van der Waals surface area contributed by atoms with E-state index in [9.17, 15) is 0 Å². The molecule has 0 amide bonds. The van der Waals surface area contributed by atoms with E-state index in [1.165, 1.54) is 5.56 Å². The average Bonchev–Trinajstić information content (AvgIpc) is 2.95. The number of ether oxygens (including phenoxy) is 1. The van der Waals surface area contributed by atoms with E-state index in [1.54, 1.807) is 7.11 Å². The number of hydrogen-bond acceptors (Lipinski definition) is 4. The second-order valence-corrected chi connectivity index (χ2v) is 5.38. The van der Waals surface area contributed by atoms with Crippen LogP contribution in [-0.2, 0) is 6.54 Å². The third kappa shape index (κ3) is 2.17. The van der Waals surface area contributed by atoms with Gasteiger partial charge in [-0.25, -0.2) is 4.98 Å². The smallest absolute Gasteiger partial charge is 0.297 e. The summed E-state index contributed by atoms with van der Waals surface area (Å²) in [6.45, 7) is 0.661. The normalized spacial score (nSPS) is 11.2. The molecule has 0 aliphatic heterocycles. The number of nitrogens with zero attached hydrogens (tertiary/aromatic N) is 3. The molecular weight excluding hydrogens is 288 g/mol. The van der Waals surface area contributed by atoms with Crippen molar-refractivity contribution in [3.8, 4) is 6.01 Å². The molecule has 4 rings (SSSR count). The van der Waals surface area contributed by atoms with Crippen molar-refractivity contribution < 1.29 is 4.74 Å². The number of nitrogens with two attached hydrogens (primary N) is 1. The van der Waals surface area contributed by atoms with E-state index in [2.05, 4.69) is 22.1 Å². The summed E-state index contributed by atoms with van der Waals surface area (Å²) in [5, 5.41) is 1.02. The number of benzene rings is 2. The highest BCUT2D eigenvalue weighted by atomic mass is 16.5. The van der Waals surface area contributed by atoms with Gasteiger partial charge in [-0.1, -0.05) is 48.5 Å². The first kappa shape index (κ1) is 13.6. The lowest BCUT2D eigenvalue weighted by atomic mass is 10.1. The highest BCUT2D eigenvalue weighted by Crippen LogP contribution is 2.31. The highest BCUT2D eigenvalue weighted by Gasteiger charge is 2.17. The minimum Gasteiger partial charge on any atom is -0.468 e. The van der Waals surface area contributed by atoms with Gasteiger partial charge in [-0.2, -0.15) is 4.98 Å². The van der Waals surface area contributed by atoms with E-state index < -0.39 is 0 Å². The van der Waals surface area contributed by atoms with E-state index in [4.69, 9.17) is 10.5 Å². The molecular formula is C18H16N4O. The third-order valence-electron chi connectivity index (χ3n) is 3.94. The Hall–Kier alpha value is -3.08. The van der Waals surface area contributed by atoms with Crippen molar-refractivity contribution in [1.82, 2.24) is 14.5 Å². The summed E-state index contributed by atoms with van der Waals surface area (Å²) in [6, 6.07) is 18.7. The van der Waals surface area contributed by atoms with Crippen molar-refractivity contribution in [2.45, 2.75) is 6.54 Å². The SMILES string of the molecule is COc1nc2c(N)nc3ccccc3c2n1Cc1ccccc1. The Labute approximate surface area is 133 Å². The second-order valence-electron chi connectivity index (χ2n) is 5.38. The van der Waals surface area contributed by atoms with E-state index in [-0.39, 0.29) is 0 Å². The summed E-state index contributed by atoms with van der Waals surface area (Å²) in [5.41, 5.74) is 9.77. The van der Waals surface area contributed by atoms with Gasteiger partial charge in [0.2, 0.25) is 0 Å². The van der Waals surface area contributed by atoms with Crippen LogP contribution in [0, 0.1) is 0 Å². The van der Waals surface area contributed by atoms with E-state index in [0.29, 0.717) is 23.9 Å². The lowest BCUT2D eigenvalue weighted by molar-refractivity contribution is 0.364. The zero-order valence-corrected chi connectivity index (χ0v) is 12.7. The van der Waals surface area contributed by atoms with Crippen LogP contribution in [0.4, 0.5) is 5.82 Å². The van der Waals surface area contributed by atoms with Crippen LogP contribution in [0.15, 0.2) is 54.6 Å². The van der Waals surface area contributed by atoms with Crippen LogP contribution in [0.3, 0.4) is 0 Å². The van der Waals surface area contributed by atoms with Gasteiger partial charge in [0.25, 0.3) is 6.01 Å². The Morgan fingerprint density at radius 3 is 2.52 bits per heavy atom. The maximum Gasteiger partial charge on any atom is 0.297 e. The van der Waals surface area contributed by atoms with Crippen LogP contribution in [0.25, 0.3) is 21.9 Å². The number of anilines is 1. The molecule has 2 heterocycles. The van der Waals surface area contributed by atoms with Gasteiger partial charge in [-0.05, 0) is 11.6 Å². The minimum atomic E-state index is 0.420. The van der Waals surface area contributed by atoms with Gasteiger partial charge in [-0.15, -0.1) is 0 Å². The monoisotopic (exact) mass is 304 g/mol. The predicted molar refractivity (Wildman–Crippen MR) is 91.5 cm³/mol. The molecule has 0 saturated carbocycles. The molecule has 5 heteroatoms. The quantitative estimate of drug-likeness (QED) is 0.631. The number of nitrogen functional groups attached to an aromatic ring is 1. The molecule has 2 N–H and O–H groups in total. The van der Waals surface area contributed by atoms with E-state index in [1.807, 2.05) is 47.0 Å². The molecule has 2 aromatic heterocycles. The van der Waals surface area contributed by atoms with Crippen LogP contribution in [0.1, 0.15) is 5.56 Å². The zero-order valence-electron chi connectivity index (χ0n) is 12.7. The Kier molecular flexibility index (Phi) is 3.12. The molecule has 2 aromatic carbocycles. The topological polar surface area (TPSA) is 66.0 Å². The molecule has 0 unspecified atom stereocenters. The van der Waals surface area contributed by atoms with Crippen LogP contribution in [-0.4, -0.2) is 21.6 Å². The summed E-state index contributed by atoms with van der Waals surface area (Å²) in [7, 11) is 1.62. The third-order valence-corrected chi connectivity index (χ3v) is 3.94. The fourth-order valence-corrected chi connectivity index (χ4v) is 2.91. The first-order valence-electron chi connectivity index (χ1n) is 7.40. The summed E-state index contributed by atoms with van der Waals surface area (Å²) >= 11 is 0. The van der Waals surface area contributed by atoms with Gasteiger partial charge in [0.15, 0.2) is 5.82 Å². The largest absolute Gasteiger partial charge is 0.468 e. The van der Waals surface area contributed by atoms with Crippen LogP contribution in [0.2, 0.25) is 0 Å². The molecule has 4 aromatic rings. The minimum absolute atomic E-state index is 0.420. The van der Waals surface area contributed by atoms with Crippen molar-refractivity contribution in [3.05, 3.63) is 60.2 Å². The maximum absolute atomic E-state index is 6.11. The number of pyridine rings is 1. The summed E-state index contributed by atoms with van der Waals surface area (Å²) < 4.78 is 7.52. The molecule has 0 spiro atoms. The summed E-state index contributed by atoms with van der Waals surface area (Å²) in [5.74, 6) is 0.420. The lowest BCUT2D eigenvalue weighted by Gasteiger charge is -2.09. The lowest BCUT2D eigenvalue weighted by Crippen LogP contribution is -2.03. The molecule has 0 aliphatic carbocycles. The van der Waals surface area contributed by atoms with Gasteiger partial charge in [0, 0.05) is 5.39 Å². The Morgan fingerprint density at radius 2 is 1.74 bits per heavy atom. The Balaban J connectivity index is 2.04. The number of rotatable bonds is 3. The zero-order chi connectivity index (χ0) is 15.8. The number of hydrogen-bond donors (Lipinski definition) is 1. The Morgan fingerprint density at radius 1 is 1.00 bits per heavy atom. The van der Waals surface area contributed by atoms with Crippen molar-refractivity contribution >= 4 is 27.8 Å². The van der Waals surface area contributed by atoms with Gasteiger partial charge in [-0.3, -0.25) is 4.57 Å². The van der Waals surface area contributed by atoms with Crippen molar-refractivity contribution in [1.29, 1.82) is 0 Å². The predicted octanol–water partition coefficient (Wildman–Crippen LogP) is 3.22. The summed E-state index contributed by atoms with van der Waals surface area (Å²) in [4.78, 5) is 8.98. The number of methoxy groups -OCH3 is 1. The molecule has 23 heavy (non-hydrogen) atoms. The molecule has 5 nitrogen and oxygen atoms in total. The maximum atomic E-state index is 6.11. The molecule has 0 atom stereocenters. The molecule has 0 aliphatic rings. The fraction of sp³-hybridized carbons (Fsp3) is 0.111. The van der Waals surface area contributed by atoms with Crippen molar-refractivity contribution in [3.63, 3.8) is 0 Å². The molecule has 0 radical (unpaired) electrons. The van der Waals surface area contributed by atoms with Crippen molar-refractivity contribution in [2.24, 2.45) is 0 Å². The number of imidazole rings is 1. The number of aromatic nitrogens is 3. The van der Waals surface area contributed by atoms with Gasteiger partial charge in [0.05, 0.1) is 24.7 Å². The molecule has 0 saturated heterocycles. The molecule has 0 fully saturated rings. The Bertz CT molecular complexity index is 992. The first-order valence-corrected chi connectivity index (χ1v) is 7.40. The van der Waals surface area contributed by atoms with Gasteiger partial charge in [0.1, 0.15) is 5.52 Å². The van der Waals surface area contributed by atoms with Crippen LogP contribution in [0.5, 0.6) is 6.01 Å². The highest BCUT2D eigenvalue weighted by molar-refractivity contribution is 6.06. The van der Waals surface area contributed by atoms with Crippen LogP contribution >= 0.6 is 0 Å². The van der Waals surface area contributed by atoms with Gasteiger partial charge < -0.3 is 10.5 Å². The number of para-hydroxylation sites is 1.